The zero-order chi connectivity index (χ0) is 28.3. The predicted molar refractivity (Wildman–Crippen MR) is 171 cm³/mol. The largest absolute Gasteiger partial charge is 0.312 e. The SMILES string of the molecule is CC1(C)c2cc(-c3nc(-c4ccccc4)nc(-c4ccccc4)n3)ccc2-c2c1n(-c1ccccc1)c1ccccc21. The topological polar surface area (TPSA) is 43.6 Å². The molecule has 0 spiro atoms. The van der Waals surface area contributed by atoms with Gasteiger partial charge < -0.3 is 4.57 Å². The number of hydrogen-bond acceptors (Lipinski definition) is 3. The first-order valence-electron chi connectivity index (χ1n) is 14.3. The van der Waals surface area contributed by atoms with Crippen molar-refractivity contribution in [2.45, 2.75) is 19.3 Å². The van der Waals surface area contributed by atoms with Crippen LogP contribution in [0.3, 0.4) is 0 Å². The number of rotatable bonds is 4. The molecule has 0 radical (unpaired) electrons. The second-order valence-electron chi connectivity index (χ2n) is 11.3. The summed E-state index contributed by atoms with van der Waals surface area (Å²) in [6.45, 7) is 4.66. The van der Waals surface area contributed by atoms with E-state index in [4.69, 9.17) is 15.0 Å². The monoisotopic (exact) mass is 540 g/mol. The third-order valence-corrected chi connectivity index (χ3v) is 8.40. The molecule has 0 saturated heterocycles. The number of hydrogen-bond donors (Lipinski definition) is 0. The van der Waals surface area contributed by atoms with E-state index < -0.39 is 0 Å². The number of nitrogens with zero attached hydrogens (tertiary/aromatic N) is 4. The van der Waals surface area contributed by atoms with E-state index >= 15 is 0 Å². The fourth-order valence-electron chi connectivity index (χ4n) is 6.43. The molecule has 0 amide bonds. The van der Waals surface area contributed by atoms with Crippen molar-refractivity contribution in [3.63, 3.8) is 0 Å². The van der Waals surface area contributed by atoms with Crippen LogP contribution in [0.2, 0.25) is 0 Å². The molecule has 4 nitrogen and oxygen atoms in total. The number of benzene rings is 5. The summed E-state index contributed by atoms with van der Waals surface area (Å²) in [5.41, 5.74) is 10.3. The maximum Gasteiger partial charge on any atom is 0.164 e. The van der Waals surface area contributed by atoms with E-state index in [1.807, 2.05) is 60.7 Å². The second kappa shape index (κ2) is 9.35. The molecule has 0 fully saturated rings. The zero-order valence-electron chi connectivity index (χ0n) is 23.5. The molecule has 0 N–H and O–H groups in total. The predicted octanol–water partition coefficient (Wildman–Crippen LogP) is 9.12. The lowest BCUT2D eigenvalue weighted by Crippen LogP contribution is -2.20. The Hall–Kier alpha value is -5.35. The Kier molecular flexibility index (Phi) is 5.44. The second-order valence-corrected chi connectivity index (χ2v) is 11.3. The maximum absolute atomic E-state index is 5.00. The van der Waals surface area contributed by atoms with E-state index in [1.54, 1.807) is 0 Å². The lowest BCUT2D eigenvalue weighted by atomic mass is 9.84. The Morgan fingerprint density at radius 2 is 1.05 bits per heavy atom. The van der Waals surface area contributed by atoms with Crippen molar-refractivity contribution in [1.82, 2.24) is 19.5 Å². The summed E-state index contributed by atoms with van der Waals surface area (Å²) >= 11 is 0. The summed E-state index contributed by atoms with van der Waals surface area (Å²) in [5, 5.41) is 1.27. The van der Waals surface area contributed by atoms with Crippen LogP contribution in [0, 0.1) is 0 Å². The van der Waals surface area contributed by atoms with Gasteiger partial charge in [-0.1, -0.05) is 123 Å². The van der Waals surface area contributed by atoms with Gasteiger partial charge in [0.05, 0.1) is 5.52 Å². The highest BCUT2D eigenvalue weighted by atomic mass is 15.0. The van der Waals surface area contributed by atoms with Gasteiger partial charge in [-0.05, 0) is 35.4 Å². The van der Waals surface area contributed by atoms with Gasteiger partial charge in [0, 0.05) is 44.4 Å². The van der Waals surface area contributed by atoms with Gasteiger partial charge in [0.15, 0.2) is 17.5 Å². The lowest BCUT2D eigenvalue weighted by Gasteiger charge is -2.25. The number of aromatic nitrogens is 4. The van der Waals surface area contributed by atoms with E-state index in [9.17, 15) is 0 Å². The van der Waals surface area contributed by atoms with Gasteiger partial charge in [0.1, 0.15) is 0 Å². The molecular formula is C38H28N4. The number of fused-ring (bicyclic) bond motifs is 5. The summed E-state index contributed by atoms with van der Waals surface area (Å²) in [6.07, 6.45) is 0. The fraction of sp³-hybridized carbons (Fsp3) is 0.0789. The van der Waals surface area contributed by atoms with Crippen LogP contribution in [0.25, 0.3) is 61.9 Å². The van der Waals surface area contributed by atoms with Crippen LogP contribution in [0.4, 0.5) is 0 Å². The van der Waals surface area contributed by atoms with Crippen LogP contribution in [0.1, 0.15) is 25.1 Å². The molecule has 7 aromatic rings. The van der Waals surface area contributed by atoms with Crippen LogP contribution < -0.4 is 0 Å². The standard InChI is InChI=1S/C38H28N4/c1-38(2)31-24-27(37-40-35(25-14-6-3-7-15-25)39-36(41-37)26-16-8-4-9-17-26)22-23-29(31)33-30-20-12-13-21-32(30)42(34(33)38)28-18-10-5-11-19-28/h3-24H,1-2H3. The van der Waals surface area contributed by atoms with Crippen LogP contribution in [0.15, 0.2) is 133 Å². The van der Waals surface area contributed by atoms with Crippen LogP contribution in [0.5, 0.6) is 0 Å². The highest BCUT2D eigenvalue weighted by molar-refractivity contribution is 6.03. The zero-order valence-corrected chi connectivity index (χ0v) is 23.5. The van der Waals surface area contributed by atoms with Crippen LogP contribution >= 0.6 is 0 Å². The normalized spacial score (nSPS) is 13.2. The van der Waals surface area contributed by atoms with Crippen molar-refractivity contribution in [2.75, 3.05) is 0 Å². The quantitative estimate of drug-likeness (QED) is 0.224. The molecule has 0 atom stereocenters. The summed E-state index contributed by atoms with van der Waals surface area (Å²) in [6, 6.07) is 46.4. The molecule has 0 bridgehead atoms. The summed E-state index contributed by atoms with van der Waals surface area (Å²) in [4.78, 5) is 14.9. The maximum atomic E-state index is 5.00. The van der Waals surface area contributed by atoms with Crippen molar-refractivity contribution in [3.8, 4) is 51.0 Å². The van der Waals surface area contributed by atoms with Gasteiger partial charge in [-0.25, -0.2) is 15.0 Å². The molecule has 0 aliphatic heterocycles. The van der Waals surface area contributed by atoms with E-state index in [0.717, 1.165) is 16.7 Å². The van der Waals surface area contributed by atoms with Crippen molar-refractivity contribution < 1.29 is 0 Å². The first kappa shape index (κ1) is 24.4. The molecule has 8 rings (SSSR count). The van der Waals surface area contributed by atoms with Crippen LogP contribution in [-0.2, 0) is 5.41 Å². The Morgan fingerprint density at radius 1 is 0.524 bits per heavy atom. The van der Waals surface area contributed by atoms with Gasteiger partial charge in [0.25, 0.3) is 0 Å². The van der Waals surface area contributed by atoms with Gasteiger partial charge in [-0.2, -0.15) is 0 Å². The first-order chi connectivity index (χ1) is 20.6. The molecule has 200 valence electrons. The van der Waals surface area contributed by atoms with Gasteiger partial charge in [-0.15, -0.1) is 0 Å². The average Bonchev–Trinajstić information content (AvgIpc) is 3.52. The lowest BCUT2D eigenvalue weighted by molar-refractivity contribution is 0.624. The van der Waals surface area contributed by atoms with Crippen molar-refractivity contribution in [1.29, 1.82) is 0 Å². The van der Waals surface area contributed by atoms with Gasteiger partial charge in [0.2, 0.25) is 0 Å². The minimum atomic E-state index is -0.243. The van der Waals surface area contributed by atoms with Gasteiger partial charge >= 0.3 is 0 Å². The average molecular weight is 541 g/mol. The molecule has 42 heavy (non-hydrogen) atoms. The third kappa shape index (κ3) is 3.72. The van der Waals surface area contributed by atoms with E-state index in [0.29, 0.717) is 17.5 Å². The summed E-state index contributed by atoms with van der Waals surface area (Å²) < 4.78 is 2.44. The van der Waals surface area contributed by atoms with Crippen LogP contribution in [-0.4, -0.2) is 19.5 Å². The molecule has 2 heterocycles. The van der Waals surface area contributed by atoms with Crippen molar-refractivity contribution >= 4 is 10.9 Å². The Bertz CT molecular complexity index is 2040. The highest BCUT2D eigenvalue weighted by Crippen LogP contribution is 2.54. The van der Waals surface area contributed by atoms with E-state index in [2.05, 4.69) is 91.2 Å². The molecule has 1 aliphatic rings. The number of para-hydroxylation sites is 2. The summed E-state index contributed by atoms with van der Waals surface area (Å²) in [5.74, 6) is 2.02. The Labute approximate surface area is 245 Å². The molecule has 0 saturated carbocycles. The van der Waals surface area contributed by atoms with E-state index in [-0.39, 0.29) is 5.41 Å². The Morgan fingerprint density at radius 3 is 1.67 bits per heavy atom. The van der Waals surface area contributed by atoms with Gasteiger partial charge in [-0.3, -0.25) is 0 Å². The highest BCUT2D eigenvalue weighted by Gasteiger charge is 2.41. The molecule has 4 heteroatoms. The Balaban J connectivity index is 1.34. The molecule has 5 aromatic carbocycles. The fourth-order valence-corrected chi connectivity index (χ4v) is 6.43. The van der Waals surface area contributed by atoms with E-state index in [1.165, 1.54) is 39.0 Å². The summed E-state index contributed by atoms with van der Waals surface area (Å²) in [7, 11) is 0. The van der Waals surface area contributed by atoms with Crippen molar-refractivity contribution in [3.05, 3.63) is 145 Å². The van der Waals surface area contributed by atoms with Crippen molar-refractivity contribution in [2.24, 2.45) is 0 Å². The third-order valence-electron chi connectivity index (χ3n) is 8.40. The minimum Gasteiger partial charge on any atom is -0.312 e. The molecule has 2 aromatic heterocycles. The smallest absolute Gasteiger partial charge is 0.164 e. The minimum absolute atomic E-state index is 0.243. The molecule has 0 unspecified atom stereocenters. The molecule has 1 aliphatic carbocycles. The first-order valence-corrected chi connectivity index (χ1v) is 14.3. The molecular weight excluding hydrogens is 512 g/mol.